The minimum absolute atomic E-state index is 0.174. The van der Waals surface area contributed by atoms with Crippen molar-refractivity contribution >= 4 is 0 Å². The Balaban J connectivity index is 2.96. The molecule has 1 aromatic rings. The Labute approximate surface area is 80.1 Å². The van der Waals surface area contributed by atoms with Crippen molar-refractivity contribution < 1.29 is 0 Å². The fourth-order valence-electron chi connectivity index (χ4n) is 1.50. The highest BCUT2D eigenvalue weighted by Crippen LogP contribution is 2.22. The van der Waals surface area contributed by atoms with Crippen molar-refractivity contribution in [3.63, 3.8) is 0 Å². The topological polar surface area (TPSA) is 29.9 Å². The fraction of sp³-hybridized carbons (Fsp3) is 0.700. The van der Waals surface area contributed by atoms with Gasteiger partial charge in [0, 0.05) is 24.7 Å². The number of hydrogen-bond acceptors (Lipinski definition) is 2. The average Bonchev–Trinajstić information content (AvgIpc) is 2.30. The van der Waals surface area contributed by atoms with Crippen molar-refractivity contribution in [3.05, 3.63) is 17.5 Å². The quantitative estimate of drug-likeness (QED) is 0.748. The van der Waals surface area contributed by atoms with Crippen molar-refractivity contribution in [3.8, 4) is 0 Å². The van der Waals surface area contributed by atoms with E-state index in [1.54, 1.807) is 0 Å². The lowest BCUT2D eigenvalue weighted by molar-refractivity contribution is 0.522. The van der Waals surface area contributed by atoms with Crippen molar-refractivity contribution in [1.82, 2.24) is 15.1 Å². The zero-order valence-corrected chi connectivity index (χ0v) is 9.18. The van der Waals surface area contributed by atoms with Gasteiger partial charge in [-0.15, -0.1) is 0 Å². The summed E-state index contributed by atoms with van der Waals surface area (Å²) >= 11 is 0. The molecule has 74 valence electrons. The van der Waals surface area contributed by atoms with Crippen LogP contribution in [0, 0.1) is 0 Å². The Bertz CT molecular complexity index is 281. The van der Waals surface area contributed by atoms with Gasteiger partial charge in [-0.05, 0) is 13.1 Å². The molecule has 0 saturated heterocycles. The van der Waals surface area contributed by atoms with Gasteiger partial charge in [-0.25, -0.2) is 0 Å². The molecule has 0 aliphatic heterocycles. The predicted molar refractivity (Wildman–Crippen MR) is 54.7 cm³/mol. The first-order chi connectivity index (χ1) is 5.95. The Morgan fingerprint density at radius 1 is 1.46 bits per heavy atom. The van der Waals surface area contributed by atoms with E-state index in [2.05, 4.69) is 37.3 Å². The number of hydrogen-bond donors (Lipinski definition) is 1. The third-order valence-electron chi connectivity index (χ3n) is 2.06. The molecular weight excluding hydrogens is 162 g/mol. The molecule has 0 aliphatic carbocycles. The van der Waals surface area contributed by atoms with Crippen LogP contribution in [0.4, 0.5) is 0 Å². The lowest BCUT2D eigenvalue weighted by Gasteiger charge is -2.17. The van der Waals surface area contributed by atoms with Gasteiger partial charge in [-0.2, -0.15) is 5.10 Å². The molecule has 0 saturated carbocycles. The molecule has 0 radical (unpaired) electrons. The van der Waals surface area contributed by atoms with Gasteiger partial charge in [-0.3, -0.25) is 4.68 Å². The van der Waals surface area contributed by atoms with E-state index in [-0.39, 0.29) is 5.41 Å². The summed E-state index contributed by atoms with van der Waals surface area (Å²) in [6.07, 6.45) is 0. The van der Waals surface area contributed by atoms with E-state index in [9.17, 15) is 0 Å². The molecule has 0 unspecified atom stereocenters. The van der Waals surface area contributed by atoms with E-state index in [1.165, 1.54) is 5.69 Å². The van der Waals surface area contributed by atoms with Crippen molar-refractivity contribution in [2.75, 3.05) is 7.05 Å². The van der Waals surface area contributed by atoms with Gasteiger partial charge in [0.15, 0.2) is 0 Å². The lowest BCUT2D eigenvalue weighted by atomic mass is 9.92. The molecule has 0 amide bonds. The molecule has 0 fully saturated rings. The summed E-state index contributed by atoms with van der Waals surface area (Å²) in [5.41, 5.74) is 2.56. The van der Waals surface area contributed by atoms with Crippen LogP contribution < -0.4 is 5.32 Å². The standard InChI is InChI=1S/C10H19N3/c1-10(2,3)9-6-8(7-11-4)12-13(9)5/h6,11H,7H2,1-5H3. The zero-order valence-electron chi connectivity index (χ0n) is 9.18. The molecule has 0 atom stereocenters. The summed E-state index contributed by atoms with van der Waals surface area (Å²) in [6, 6.07) is 2.16. The second-order valence-electron chi connectivity index (χ2n) is 4.42. The molecule has 3 heteroatoms. The van der Waals surface area contributed by atoms with Crippen LogP contribution in [0.1, 0.15) is 32.2 Å². The maximum Gasteiger partial charge on any atom is 0.0765 e. The van der Waals surface area contributed by atoms with Crippen LogP contribution in [-0.4, -0.2) is 16.8 Å². The maximum absolute atomic E-state index is 4.42. The fourth-order valence-corrected chi connectivity index (χ4v) is 1.50. The normalized spacial score (nSPS) is 12.1. The van der Waals surface area contributed by atoms with Gasteiger partial charge in [0.05, 0.1) is 5.69 Å². The van der Waals surface area contributed by atoms with E-state index in [4.69, 9.17) is 0 Å². The first-order valence-electron chi connectivity index (χ1n) is 4.63. The second kappa shape index (κ2) is 3.50. The third-order valence-corrected chi connectivity index (χ3v) is 2.06. The number of nitrogens with one attached hydrogen (secondary N) is 1. The van der Waals surface area contributed by atoms with Crippen LogP contribution in [-0.2, 0) is 19.0 Å². The van der Waals surface area contributed by atoms with E-state index >= 15 is 0 Å². The van der Waals surface area contributed by atoms with Crippen molar-refractivity contribution in [1.29, 1.82) is 0 Å². The molecule has 3 nitrogen and oxygen atoms in total. The average molecular weight is 181 g/mol. The van der Waals surface area contributed by atoms with E-state index in [0.717, 1.165) is 12.2 Å². The van der Waals surface area contributed by atoms with Crippen LogP contribution >= 0.6 is 0 Å². The highest BCUT2D eigenvalue weighted by Gasteiger charge is 2.18. The van der Waals surface area contributed by atoms with Gasteiger partial charge in [0.1, 0.15) is 0 Å². The molecule has 0 aromatic carbocycles. The number of rotatable bonds is 2. The Morgan fingerprint density at radius 3 is 2.46 bits per heavy atom. The van der Waals surface area contributed by atoms with E-state index < -0.39 is 0 Å². The highest BCUT2D eigenvalue weighted by atomic mass is 15.3. The molecule has 1 aromatic heterocycles. The smallest absolute Gasteiger partial charge is 0.0765 e. The summed E-state index contributed by atoms with van der Waals surface area (Å²) in [4.78, 5) is 0. The first-order valence-corrected chi connectivity index (χ1v) is 4.63. The van der Waals surface area contributed by atoms with Crippen LogP contribution in [0.3, 0.4) is 0 Å². The van der Waals surface area contributed by atoms with Gasteiger partial charge >= 0.3 is 0 Å². The third kappa shape index (κ3) is 2.31. The molecule has 1 N–H and O–H groups in total. The molecule has 0 spiro atoms. The minimum Gasteiger partial charge on any atom is -0.314 e. The Morgan fingerprint density at radius 2 is 2.08 bits per heavy atom. The molecule has 0 bridgehead atoms. The van der Waals surface area contributed by atoms with Gasteiger partial charge in [0.2, 0.25) is 0 Å². The summed E-state index contributed by atoms with van der Waals surface area (Å²) in [7, 11) is 3.94. The number of aryl methyl sites for hydroxylation is 1. The van der Waals surface area contributed by atoms with Crippen LogP contribution in [0.25, 0.3) is 0 Å². The lowest BCUT2D eigenvalue weighted by Crippen LogP contribution is -2.16. The van der Waals surface area contributed by atoms with E-state index in [1.807, 2.05) is 18.8 Å². The Hall–Kier alpha value is -0.830. The minimum atomic E-state index is 0.174. The van der Waals surface area contributed by atoms with Crippen molar-refractivity contribution in [2.45, 2.75) is 32.7 Å². The van der Waals surface area contributed by atoms with Gasteiger partial charge < -0.3 is 5.32 Å². The summed E-state index contributed by atoms with van der Waals surface area (Å²) in [5, 5.41) is 7.52. The SMILES string of the molecule is CNCc1cc(C(C)(C)C)n(C)n1. The molecule has 1 rings (SSSR count). The first kappa shape index (κ1) is 10.3. The molecule has 0 aliphatic rings. The Kier molecular flexibility index (Phi) is 2.76. The summed E-state index contributed by atoms with van der Waals surface area (Å²) in [5.74, 6) is 0. The van der Waals surface area contributed by atoms with E-state index in [0.29, 0.717) is 0 Å². The maximum atomic E-state index is 4.42. The number of aromatic nitrogens is 2. The number of nitrogens with zero attached hydrogens (tertiary/aromatic N) is 2. The van der Waals surface area contributed by atoms with Gasteiger partial charge in [-0.1, -0.05) is 20.8 Å². The van der Waals surface area contributed by atoms with Gasteiger partial charge in [0.25, 0.3) is 0 Å². The summed E-state index contributed by atoms with van der Waals surface area (Å²) in [6.45, 7) is 7.44. The molecular formula is C10H19N3. The molecule has 1 heterocycles. The van der Waals surface area contributed by atoms with Crippen LogP contribution in [0.5, 0.6) is 0 Å². The van der Waals surface area contributed by atoms with Crippen LogP contribution in [0.15, 0.2) is 6.07 Å². The molecule has 13 heavy (non-hydrogen) atoms. The van der Waals surface area contributed by atoms with Crippen LogP contribution in [0.2, 0.25) is 0 Å². The largest absolute Gasteiger partial charge is 0.314 e. The summed E-state index contributed by atoms with van der Waals surface area (Å²) < 4.78 is 1.96. The predicted octanol–water partition coefficient (Wildman–Crippen LogP) is 1.44. The second-order valence-corrected chi connectivity index (χ2v) is 4.42. The zero-order chi connectivity index (χ0) is 10.1. The van der Waals surface area contributed by atoms with Crippen molar-refractivity contribution in [2.24, 2.45) is 7.05 Å². The highest BCUT2D eigenvalue weighted by molar-refractivity contribution is 5.17. The monoisotopic (exact) mass is 181 g/mol.